The molecule has 98 valence electrons. The van der Waals surface area contributed by atoms with E-state index >= 15 is 0 Å². The van der Waals surface area contributed by atoms with Gasteiger partial charge in [-0.05, 0) is 53.4 Å². The maximum absolute atomic E-state index is 14.2. The van der Waals surface area contributed by atoms with Gasteiger partial charge in [-0.15, -0.1) is 0 Å². The lowest BCUT2D eigenvalue weighted by molar-refractivity contribution is 0.173. The smallest absolute Gasteiger partial charge is 0.231 e. The number of piperidine rings is 1. The molecule has 0 aliphatic carbocycles. The zero-order chi connectivity index (χ0) is 12.5. The average molecular weight is 316 g/mol. The van der Waals surface area contributed by atoms with Crippen molar-refractivity contribution in [3.8, 4) is 11.5 Å². The second-order valence-corrected chi connectivity index (χ2v) is 5.54. The van der Waals surface area contributed by atoms with Crippen molar-refractivity contribution in [2.45, 2.75) is 31.7 Å². The van der Waals surface area contributed by atoms with Crippen LogP contribution in [0.1, 0.15) is 24.8 Å². The van der Waals surface area contributed by atoms with E-state index < -0.39 is 0 Å². The summed E-state index contributed by atoms with van der Waals surface area (Å²) in [6, 6.07) is 2.12. The van der Waals surface area contributed by atoms with Crippen molar-refractivity contribution in [1.29, 1.82) is 0 Å². The number of hydrogen-bond acceptors (Lipinski definition) is 3. The second kappa shape index (κ2) is 5.05. The fourth-order valence-electron chi connectivity index (χ4n) is 2.54. The molecule has 1 saturated heterocycles. The summed E-state index contributed by atoms with van der Waals surface area (Å²) in [4.78, 5) is 0. The number of fused-ring (bicyclic) bond motifs is 1. The van der Waals surface area contributed by atoms with Crippen LogP contribution in [-0.2, 0) is 6.42 Å². The number of rotatable bonds is 2. The monoisotopic (exact) mass is 315 g/mol. The van der Waals surface area contributed by atoms with E-state index in [-0.39, 0.29) is 12.6 Å². The highest BCUT2D eigenvalue weighted by molar-refractivity contribution is 9.10. The molecule has 0 saturated carbocycles. The summed E-state index contributed by atoms with van der Waals surface area (Å²) >= 11 is 3.25. The molecule has 0 radical (unpaired) electrons. The molecule has 1 unspecified atom stereocenters. The summed E-state index contributed by atoms with van der Waals surface area (Å²) in [6.07, 6.45) is 4.22. The summed E-state index contributed by atoms with van der Waals surface area (Å²) in [5.74, 6) is 0.883. The summed E-state index contributed by atoms with van der Waals surface area (Å²) in [6.45, 7) is 1.19. The van der Waals surface area contributed by atoms with Crippen molar-refractivity contribution in [3.63, 3.8) is 0 Å². The third kappa shape index (κ3) is 2.21. The van der Waals surface area contributed by atoms with E-state index in [4.69, 9.17) is 9.47 Å². The molecule has 1 N–H and O–H groups in total. The lowest BCUT2D eigenvalue weighted by Gasteiger charge is -2.23. The van der Waals surface area contributed by atoms with Crippen LogP contribution in [0.5, 0.6) is 11.5 Å². The highest BCUT2D eigenvalue weighted by Crippen LogP contribution is 2.42. The summed E-state index contributed by atoms with van der Waals surface area (Å²) < 4.78 is 25.1. The minimum absolute atomic E-state index is 0.165. The van der Waals surface area contributed by atoms with E-state index in [9.17, 15) is 4.39 Å². The van der Waals surface area contributed by atoms with Crippen molar-refractivity contribution >= 4 is 15.9 Å². The Morgan fingerprint density at radius 1 is 1.39 bits per heavy atom. The van der Waals surface area contributed by atoms with E-state index in [1.54, 1.807) is 6.07 Å². The van der Waals surface area contributed by atoms with E-state index in [2.05, 4.69) is 21.2 Å². The first-order chi connectivity index (χ1) is 8.75. The van der Waals surface area contributed by atoms with Gasteiger partial charge in [-0.25, -0.2) is 4.39 Å². The maximum Gasteiger partial charge on any atom is 0.231 e. The molecule has 1 aromatic carbocycles. The lowest BCUT2D eigenvalue weighted by atomic mass is 9.97. The molecule has 5 heteroatoms. The molecule has 18 heavy (non-hydrogen) atoms. The highest BCUT2D eigenvalue weighted by atomic mass is 79.9. The molecule has 0 amide bonds. The molecule has 2 aliphatic rings. The van der Waals surface area contributed by atoms with Gasteiger partial charge in [-0.2, -0.15) is 0 Å². The van der Waals surface area contributed by atoms with Crippen LogP contribution in [0.25, 0.3) is 0 Å². The third-order valence-corrected chi connectivity index (χ3v) is 4.21. The second-order valence-electron chi connectivity index (χ2n) is 4.75. The van der Waals surface area contributed by atoms with E-state index in [1.807, 2.05) is 0 Å². The first kappa shape index (κ1) is 12.2. The fourth-order valence-corrected chi connectivity index (χ4v) is 3.11. The molecule has 0 spiro atoms. The van der Waals surface area contributed by atoms with Crippen LogP contribution in [0.2, 0.25) is 0 Å². The Kier molecular flexibility index (Phi) is 3.43. The predicted octanol–water partition coefficient (Wildman–Crippen LogP) is 3.00. The fraction of sp³-hybridized carbons (Fsp3) is 0.538. The van der Waals surface area contributed by atoms with E-state index in [0.29, 0.717) is 34.0 Å². The molecule has 1 fully saturated rings. The molecule has 1 aromatic rings. The van der Waals surface area contributed by atoms with E-state index in [1.165, 1.54) is 12.8 Å². The normalized spacial score (nSPS) is 22.2. The van der Waals surface area contributed by atoms with Gasteiger partial charge in [-0.1, -0.05) is 6.42 Å². The largest absolute Gasteiger partial charge is 0.454 e. The first-order valence-corrected chi connectivity index (χ1v) is 7.05. The van der Waals surface area contributed by atoms with Gasteiger partial charge >= 0.3 is 0 Å². The van der Waals surface area contributed by atoms with Crippen LogP contribution in [0.3, 0.4) is 0 Å². The van der Waals surface area contributed by atoms with Gasteiger partial charge in [0.15, 0.2) is 11.5 Å². The Morgan fingerprint density at radius 2 is 2.28 bits per heavy atom. The van der Waals surface area contributed by atoms with Crippen molar-refractivity contribution in [2.75, 3.05) is 13.3 Å². The van der Waals surface area contributed by atoms with Crippen molar-refractivity contribution in [1.82, 2.24) is 5.32 Å². The Hall–Kier alpha value is -0.810. The summed E-state index contributed by atoms with van der Waals surface area (Å²) in [5.41, 5.74) is 0.686. The van der Waals surface area contributed by atoms with Crippen molar-refractivity contribution < 1.29 is 13.9 Å². The van der Waals surface area contributed by atoms with Gasteiger partial charge in [0, 0.05) is 6.04 Å². The number of halogens is 2. The minimum atomic E-state index is -0.230. The topological polar surface area (TPSA) is 30.5 Å². The Labute approximate surface area is 114 Å². The minimum Gasteiger partial charge on any atom is -0.454 e. The van der Waals surface area contributed by atoms with Crippen LogP contribution >= 0.6 is 15.9 Å². The van der Waals surface area contributed by atoms with E-state index in [0.717, 1.165) is 13.0 Å². The quantitative estimate of drug-likeness (QED) is 0.910. The molecule has 2 aliphatic heterocycles. The van der Waals surface area contributed by atoms with Gasteiger partial charge in [-0.3, -0.25) is 0 Å². The molecule has 1 atom stereocenters. The zero-order valence-electron chi connectivity index (χ0n) is 9.97. The van der Waals surface area contributed by atoms with Gasteiger partial charge < -0.3 is 14.8 Å². The average Bonchev–Trinajstić information content (AvgIpc) is 2.85. The Morgan fingerprint density at radius 3 is 3.06 bits per heavy atom. The molecule has 2 heterocycles. The molecule has 0 bridgehead atoms. The van der Waals surface area contributed by atoms with Crippen LogP contribution in [0.15, 0.2) is 10.5 Å². The lowest BCUT2D eigenvalue weighted by Crippen LogP contribution is -2.35. The van der Waals surface area contributed by atoms with Gasteiger partial charge in [0.05, 0.1) is 4.47 Å². The van der Waals surface area contributed by atoms with Crippen molar-refractivity contribution in [3.05, 3.63) is 21.9 Å². The number of nitrogens with one attached hydrogen (secondary N) is 1. The molecular formula is C13H15BrFNO2. The summed E-state index contributed by atoms with van der Waals surface area (Å²) in [5, 5.41) is 3.43. The first-order valence-electron chi connectivity index (χ1n) is 6.25. The summed E-state index contributed by atoms with van der Waals surface area (Å²) in [7, 11) is 0. The highest BCUT2D eigenvalue weighted by Gasteiger charge is 2.24. The molecule has 3 nitrogen and oxygen atoms in total. The number of hydrogen-bond donors (Lipinski definition) is 1. The third-order valence-electron chi connectivity index (χ3n) is 3.50. The molecule has 3 rings (SSSR count). The SMILES string of the molecule is Fc1c(CC2CCCCN2)cc2c(c1Br)OCO2. The van der Waals surface area contributed by atoms with Crippen LogP contribution in [0.4, 0.5) is 4.39 Å². The van der Waals surface area contributed by atoms with Gasteiger partial charge in [0.25, 0.3) is 0 Å². The van der Waals surface area contributed by atoms with Crippen LogP contribution < -0.4 is 14.8 Å². The number of ether oxygens (including phenoxy) is 2. The standard InChI is InChI=1S/C13H15BrFNO2/c14-11-12(15)8(5-9-3-1-2-4-16-9)6-10-13(11)18-7-17-10/h6,9,16H,1-5,7H2. The predicted molar refractivity (Wildman–Crippen MR) is 69.6 cm³/mol. The van der Waals surface area contributed by atoms with Crippen molar-refractivity contribution in [2.24, 2.45) is 0 Å². The van der Waals surface area contributed by atoms with Crippen LogP contribution in [0, 0.1) is 5.82 Å². The van der Waals surface area contributed by atoms with Crippen LogP contribution in [-0.4, -0.2) is 19.4 Å². The maximum atomic E-state index is 14.2. The molecular weight excluding hydrogens is 301 g/mol. The van der Waals surface area contributed by atoms with Gasteiger partial charge in [0.2, 0.25) is 6.79 Å². The van der Waals surface area contributed by atoms with Gasteiger partial charge in [0.1, 0.15) is 5.82 Å². The number of benzene rings is 1. The zero-order valence-corrected chi connectivity index (χ0v) is 11.6. The Bertz CT molecular complexity index is 461. The molecule has 0 aromatic heterocycles. The Balaban J connectivity index is 1.85.